The topological polar surface area (TPSA) is 76.7 Å². The highest BCUT2D eigenvalue weighted by Gasteiger charge is 2.27. The number of aryl methyl sites for hydroxylation is 1. The fourth-order valence-corrected chi connectivity index (χ4v) is 5.68. The second kappa shape index (κ2) is 9.80. The van der Waals surface area contributed by atoms with Gasteiger partial charge < -0.3 is 14.6 Å². The van der Waals surface area contributed by atoms with E-state index in [1.165, 1.54) is 12.1 Å². The van der Waals surface area contributed by atoms with Crippen molar-refractivity contribution >= 4 is 36.2 Å². The highest BCUT2D eigenvalue weighted by Crippen LogP contribution is 2.34. The molecule has 190 valence electrons. The molecule has 9 heteroatoms. The first-order valence-corrected chi connectivity index (χ1v) is 16.4. The lowest BCUT2D eigenvalue weighted by Crippen LogP contribution is -2.23. The number of anilines is 1. The second-order valence-electron chi connectivity index (χ2n) is 11.1. The third kappa shape index (κ3) is 5.23. The van der Waals surface area contributed by atoms with E-state index >= 15 is 0 Å². The van der Waals surface area contributed by atoms with Crippen LogP contribution < -0.4 is 5.32 Å². The van der Waals surface area contributed by atoms with Crippen molar-refractivity contribution in [3.63, 3.8) is 0 Å². The van der Waals surface area contributed by atoms with Crippen LogP contribution in [-0.4, -0.2) is 58.2 Å². The summed E-state index contributed by atoms with van der Waals surface area (Å²) in [6, 6.07) is 11.4. The van der Waals surface area contributed by atoms with Gasteiger partial charge in [0.1, 0.15) is 12.5 Å². The van der Waals surface area contributed by atoms with Gasteiger partial charge in [-0.05, 0) is 63.7 Å². The van der Waals surface area contributed by atoms with E-state index in [0.717, 1.165) is 47.7 Å². The van der Waals surface area contributed by atoms with Gasteiger partial charge in [0.2, 0.25) is 0 Å². The zero-order valence-electron chi connectivity index (χ0n) is 21.9. The highest BCUT2D eigenvalue weighted by atomic mass is 28.3. The van der Waals surface area contributed by atoms with Crippen LogP contribution in [0.5, 0.6) is 0 Å². The molecule has 1 N–H and O–H groups in total. The number of carbonyl (C=O) groups is 1. The van der Waals surface area contributed by atoms with Crippen LogP contribution in [0.25, 0.3) is 16.4 Å². The number of nitrogens with zero attached hydrogens (tertiary/aromatic N) is 5. The monoisotopic (exact) mass is 504 g/mol. The molecule has 0 aromatic carbocycles. The Balaban J connectivity index is 1.42. The van der Waals surface area contributed by atoms with Gasteiger partial charge in [-0.15, -0.1) is 0 Å². The lowest BCUT2D eigenvalue weighted by molar-refractivity contribution is 0.0857. The zero-order chi connectivity index (χ0) is 25.4. The molecular weight excluding hydrogens is 468 g/mol. The SMILES string of the molecule is Cc1cc2ccc(C(=O)Nc3cc4c(cn3)cc([C@H]3CCCN3C)n4COCC[Si](C)(C)C)cn2n1. The molecule has 36 heavy (non-hydrogen) atoms. The van der Waals surface area contributed by atoms with E-state index in [-0.39, 0.29) is 5.91 Å². The van der Waals surface area contributed by atoms with Crippen LogP contribution in [0.3, 0.4) is 0 Å². The van der Waals surface area contributed by atoms with E-state index in [9.17, 15) is 4.79 Å². The average molecular weight is 505 g/mol. The Morgan fingerprint density at radius 2 is 2.06 bits per heavy atom. The Morgan fingerprint density at radius 1 is 1.22 bits per heavy atom. The van der Waals surface area contributed by atoms with Crippen LogP contribution in [-0.2, 0) is 11.5 Å². The molecule has 1 fully saturated rings. The number of pyridine rings is 2. The Hall–Kier alpha value is -3.01. The van der Waals surface area contributed by atoms with Gasteiger partial charge in [-0.2, -0.15) is 5.10 Å². The average Bonchev–Trinajstić information content (AvgIpc) is 3.50. The molecule has 1 atom stereocenters. The summed E-state index contributed by atoms with van der Waals surface area (Å²) >= 11 is 0. The smallest absolute Gasteiger partial charge is 0.258 e. The third-order valence-corrected chi connectivity index (χ3v) is 8.69. The molecule has 0 spiro atoms. The van der Waals surface area contributed by atoms with Crippen molar-refractivity contribution in [3.05, 3.63) is 59.7 Å². The van der Waals surface area contributed by atoms with Crippen molar-refractivity contribution in [2.45, 2.75) is 58.2 Å². The molecule has 5 rings (SSSR count). The maximum Gasteiger partial charge on any atom is 0.258 e. The van der Waals surface area contributed by atoms with Crippen molar-refractivity contribution in [2.75, 3.05) is 25.5 Å². The fourth-order valence-electron chi connectivity index (χ4n) is 4.92. The summed E-state index contributed by atoms with van der Waals surface area (Å²) in [5, 5.41) is 8.45. The predicted molar refractivity (Wildman–Crippen MR) is 146 cm³/mol. The standard InChI is InChI=1S/C27H36N6O2Si/c1-19-13-22-9-8-20(17-33(22)30-19)27(34)29-26-15-24-21(16-28-26)14-25(23-7-6-10-31(23)2)32(24)18-35-11-12-36(3,4)5/h8-9,13-17,23H,6-7,10-12,18H2,1-5H3,(H,28,29,34)/t23-/m1/s1. The molecule has 0 aliphatic carbocycles. The minimum atomic E-state index is -1.16. The number of rotatable bonds is 8. The molecule has 0 radical (unpaired) electrons. The van der Waals surface area contributed by atoms with Crippen LogP contribution in [0.1, 0.15) is 40.6 Å². The van der Waals surface area contributed by atoms with Crippen molar-refractivity contribution < 1.29 is 9.53 Å². The summed E-state index contributed by atoms with van der Waals surface area (Å²) in [4.78, 5) is 20.0. The van der Waals surface area contributed by atoms with Crippen molar-refractivity contribution in [2.24, 2.45) is 0 Å². The van der Waals surface area contributed by atoms with Gasteiger partial charge in [0.15, 0.2) is 0 Å². The van der Waals surface area contributed by atoms with Crippen molar-refractivity contribution in [1.82, 2.24) is 24.1 Å². The number of carbonyl (C=O) groups excluding carboxylic acids is 1. The number of aromatic nitrogens is 4. The molecule has 1 saturated heterocycles. The maximum absolute atomic E-state index is 13.0. The molecule has 1 amide bonds. The number of likely N-dealkylation sites (tertiary alicyclic amines) is 1. The Labute approximate surface area is 213 Å². The molecule has 0 bridgehead atoms. The summed E-state index contributed by atoms with van der Waals surface area (Å²) in [6.07, 6.45) is 5.92. The quantitative estimate of drug-likeness (QED) is 0.259. The Kier molecular flexibility index (Phi) is 6.71. The highest BCUT2D eigenvalue weighted by molar-refractivity contribution is 6.76. The molecule has 0 unspecified atom stereocenters. The lowest BCUT2D eigenvalue weighted by Gasteiger charge is -2.22. The van der Waals surface area contributed by atoms with Crippen LogP contribution in [0.4, 0.5) is 5.82 Å². The molecule has 4 aromatic heterocycles. The number of nitrogens with one attached hydrogen (secondary N) is 1. The van der Waals surface area contributed by atoms with Gasteiger partial charge in [-0.3, -0.25) is 9.69 Å². The molecule has 8 nitrogen and oxygen atoms in total. The zero-order valence-corrected chi connectivity index (χ0v) is 22.9. The minimum Gasteiger partial charge on any atom is -0.361 e. The van der Waals surface area contributed by atoms with E-state index in [2.05, 4.69) is 57.6 Å². The maximum atomic E-state index is 13.0. The van der Waals surface area contributed by atoms with E-state index in [4.69, 9.17) is 4.74 Å². The van der Waals surface area contributed by atoms with E-state index in [0.29, 0.717) is 24.2 Å². The van der Waals surface area contributed by atoms with Gasteiger partial charge in [-0.25, -0.2) is 9.50 Å². The summed E-state index contributed by atoms with van der Waals surface area (Å²) in [6.45, 7) is 11.4. The normalized spacial score (nSPS) is 16.9. The first kappa shape index (κ1) is 24.7. The van der Waals surface area contributed by atoms with Crippen LogP contribution in [0, 0.1) is 6.92 Å². The largest absolute Gasteiger partial charge is 0.361 e. The van der Waals surface area contributed by atoms with Crippen molar-refractivity contribution in [3.8, 4) is 0 Å². The van der Waals surface area contributed by atoms with Gasteiger partial charge in [0, 0.05) is 50.3 Å². The number of amides is 1. The van der Waals surface area contributed by atoms with Crippen LogP contribution >= 0.6 is 0 Å². The van der Waals surface area contributed by atoms with E-state index in [1.807, 2.05) is 37.4 Å². The minimum absolute atomic E-state index is 0.211. The summed E-state index contributed by atoms with van der Waals surface area (Å²) in [5.74, 6) is 0.314. The lowest BCUT2D eigenvalue weighted by atomic mass is 10.1. The summed E-state index contributed by atoms with van der Waals surface area (Å²) in [7, 11) is 1.02. The van der Waals surface area contributed by atoms with Gasteiger partial charge in [0.05, 0.1) is 22.3 Å². The first-order valence-electron chi connectivity index (χ1n) is 12.7. The van der Waals surface area contributed by atoms with Crippen molar-refractivity contribution in [1.29, 1.82) is 0 Å². The Morgan fingerprint density at radius 3 is 2.81 bits per heavy atom. The Bertz CT molecular complexity index is 1400. The molecule has 5 heterocycles. The van der Waals surface area contributed by atoms with Crippen LogP contribution in [0.2, 0.25) is 25.7 Å². The van der Waals surface area contributed by atoms with E-state index in [1.54, 1.807) is 10.7 Å². The fraction of sp³-hybridized carbons (Fsp3) is 0.444. The molecule has 1 aliphatic rings. The molecular formula is C27H36N6O2Si. The number of hydrogen-bond acceptors (Lipinski definition) is 5. The molecule has 0 saturated carbocycles. The predicted octanol–water partition coefficient (Wildman–Crippen LogP) is 5.32. The van der Waals surface area contributed by atoms with Crippen LogP contribution in [0.15, 0.2) is 42.7 Å². The molecule has 4 aromatic rings. The molecule has 1 aliphatic heterocycles. The van der Waals surface area contributed by atoms with Gasteiger partial charge in [0.25, 0.3) is 5.91 Å². The second-order valence-corrected chi connectivity index (χ2v) is 16.8. The third-order valence-electron chi connectivity index (χ3n) is 6.98. The number of fused-ring (bicyclic) bond motifs is 2. The van der Waals surface area contributed by atoms with E-state index < -0.39 is 8.07 Å². The number of ether oxygens (including phenoxy) is 1. The number of hydrogen-bond donors (Lipinski definition) is 1. The van der Waals surface area contributed by atoms with Gasteiger partial charge >= 0.3 is 0 Å². The summed E-state index contributed by atoms with van der Waals surface area (Å²) < 4.78 is 10.2. The van der Waals surface area contributed by atoms with Gasteiger partial charge in [-0.1, -0.05) is 19.6 Å². The summed E-state index contributed by atoms with van der Waals surface area (Å²) in [5.41, 5.74) is 4.69. The first-order chi connectivity index (χ1) is 17.2.